The molecule has 8 heteroatoms. The smallest absolute Gasteiger partial charge is 0.257 e. The molecule has 0 aliphatic carbocycles. The monoisotopic (exact) mass is 428 g/mol. The fraction of sp³-hybridized carbons (Fsp3) is 0.174. The number of nitrogens with one attached hydrogen (secondary N) is 1. The van der Waals surface area contributed by atoms with E-state index in [9.17, 15) is 4.79 Å². The maximum absolute atomic E-state index is 13.0. The van der Waals surface area contributed by atoms with Gasteiger partial charge in [0.05, 0.1) is 27.4 Å². The summed E-state index contributed by atoms with van der Waals surface area (Å²) in [4.78, 5) is 26.7. The van der Waals surface area contributed by atoms with E-state index in [0.29, 0.717) is 17.0 Å². The van der Waals surface area contributed by atoms with Crippen LogP contribution < -0.4 is 5.32 Å². The van der Waals surface area contributed by atoms with Gasteiger partial charge >= 0.3 is 0 Å². The van der Waals surface area contributed by atoms with Crippen LogP contribution in [0.4, 0.5) is 5.82 Å². The number of nitrogens with zero attached hydrogens (tertiary/aromatic N) is 5. The molecule has 0 atom stereocenters. The second-order valence-electron chi connectivity index (χ2n) is 7.60. The third-order valence-corrected chi connectivity index (χ3v) is 6.06. The fourth-order valence-electron chi connectivity index (χ4n) is 3.48. The van der Waals surface area contributed by atoms with E-state index in [2.05, 4.69) is 31.4 Å². The van der Waals surface area contributed by atoms with Gasteiger partial charge in [0, 0.05) is 23.5 Å². The summed E-state index contributed by atoms with van der Waals surface area (Å²) in [5.41, 5.74) is 3.89. The molecule has 0 unspecified atom stereocenters. The summed E-state index contributed by atoms with van der Waals surface area (Å²) >= 11 is 1.62. The maximum atomic E-state index is 13.0. The summed E-state index contributed by atoms with van der Waals surface area (Å²) in [6.45, 7) is 5.94. The average Bonchev–Trinajstić information content (AvgIpc) is 3.37. The Balaban J connectivity index is 1.42. The van der Waals surface area contributed by atoms with Crippen LogP contribution in [0.1, 0.15) is 35.9 Å². The number of anilines is 1. The topological polar surface area (TPSA) is 85.6 Å². The van der Waals surface area contributed by atoms with Crippen molar-refractivity contribution in [1.82, 2.24) is 24.7 Å². The lowest BCUT2D eigenvalue weighted by Gasteiger charge is -2.09. The van der Waals surface area contributed by atoms with Gasteiger partial charge in [-0.3, -0.25) is 4.79 Å². The molecule has 154 valence electrons. The molecule has 0 fully saturated rings. The summed E-state index contributed by atoms with van der Waals surface area (Å²) < 4.78 is 2.96. The summed E-state index contributed by atoms with van der Waals surface area (Å²) in [7, 11) is 0. The van der Waals surface area contributed by atoms with Gasteiger partial charge in [0.1, 0.15) is 10.8 Å². The third-order valence-electron chi connectivity index (χ3n) is 4.97. The molecule has 0 saturated heterocycles. The minimum absolute atomic E-state index is 0.152. The van der Waals surface area contributed by atoms with Crippen molar-refractivity contribution in [2.45, 2.75) is 26.8 Å². The summed E-state index contributed by atoms with van der Waals surface area (Å²) in [6.07, 6.45) is 3.43. The molecule has 0 spiro atoms. The zero-order valence-electron chi connectivity index (χ0n) is 17.3. The summed E-state index contributed by atoms with van der Waals surface area (Å²) in [5.74, 6) is 0.243. The van der Waals surface area contributed by atoms with Gasteiger partial charge in [-0.05, 0) is 51.1 Å². The third kappa shape index (κ3) is 3.55. The van der Waals surface area contributed by atoms with Gasteiger partial charge in [-0.25, -0.2) is 19.6 Å². The van der Waals surface area contributed by atoms with Crippen molar-refractivity contribution in [2.75, 3.05) is 5.32 Å². The Morgan fingerprint density at radius 3 is 2.68 bits per heavy atom. The Morgan fingerprint density at radius 2 is 1.94 bits per heavy atom. The average molecular weight is 429 g/mol. The fourth-order valence-corrected chi connectivity index (χ4v) is 4.44. The first kappa shape index (κ1) is 19.3. The second-order valence-corrected chi connectivity index (χ2v) is 8.63. The Morgan fingerprint density at radius 1 is 1.10 bits per heavy atom. The van der Waals surface area contributed by atoms with E-state index in [0.717, 1.165) is 31.9 Å². The van der Waals surface area contributed by atoms with Crippen molar-refractivity contribution in [2.24, 2.45) is 0 Å². The first-order valence-corrected chi connectivity index (χ1v) is 10.8. The van der Waals surface area contributed by atoms with Crippen LogP contribution in [-0.2, 0) is 0 Å². The number of pyridine rings is 2. The van der Waals surface area contributed by atoms with Crippen LogP contribution in [0.3, 0.4) is 0 Å². The Kier molecular flexibility index (Phi) is 4.71. The molecule has 0 saturated carbocycles. The minimum atomic E-state index is -0.237. The van der Waals surface area contributed by atoms with Gasteiger partial charge in [0.15, 0.2) is 5.65 Å². The molecule has 1 N–H and O–H groups in total. The van der Waals surface area contributed by atoms with Gasteiger partial charge in [-0.1, -0.05) is 12.1 Å². The molecule has 4 heterocycles. The number of para-hydroxylation sites is 1. The lowest BCUT2D eigenvalue weighted by molar-refractivity contribution is 0.102. The van der Waals surface area contributed by atoms with E-state index in [1.807, 2.05) is 49.7 Å². The van der Waals surface area contributed by atoms with E-state index in [4.69, 9.17) is 0 Å². The highest BCUT2D eigenvalue weighted by molar-refractivity contribution is 7.21. The molecule has 1 amide bonds. The number of hydrogen-bond acceptors (Lipinski definition) is 6. The number of amides is 1. The number of rotatable bonds is 4. The van der Waals surface area contributed by atoms with Crippen LogP contribution in [0.5, 0.6) is 0 Å². The standard InChI is InChI=1S/C23H20N6OS/c1-13(2)29-21-17(12-25-29)16(10-14(3)26-21)22(30)28-20-9-8-15(11-24-20)23-27-18-6-4-5-7-19(18)31-23/h4-13H,1-3H3,(H,24,28,30). The van der Waals surface area contributed by atoms with Crippen LogP contribution in [0, 0.1) is 6.92 Å². The lowest BCUT2D eigenvalue weighted by Crippen LogP contribution is -2.14. The first-order valence-electron chi connectivity index (χ1n) is 9.98. The van der Waals surface area contributed by atoms with Crippen molar-refractivity contribution in [3.8, 4) is 10.6 Å². The predicted octanol–water partition coefficient (Wildman–Crippen LogP) is 5.24. The number of fused-ring (bicyclic) bond motifs is 2. The van der Waals surface area contributed by atoms with E-state index < -0.39 is 0 Å². The molecule has 0 radical (unpaired) electrons. The number of carbonyl (C=O) groups excluding carboxylic acids is 1. The molecule has 5 aromatic rings. The van der Waals surface area contributed by atoms with Crippen LogP contribution in [0.15, 0.2) is 54.9 Å². The Bertz CT molecular complexity index is 1380. The zero-order valence-corrected chi connectivity index (χ0v) is 18.1. The van der Waals surface area contributed by atoms with E-state index in [1.165, 1.54) is 0 Å². The number of aromatic nitrogens is 5. The van der Waals surface area contributed by atoms with Gasteiger partial charge in [0.25, 0.3) is 5.91 Å². The molecule has 0 aliphatic rings. The maximum Gasteiger partial charge on any atom is 0.257 e. The molecule has 1 aromatic carbocycles. The largest absolute Gasteiger partial charge is 0.307 e. The molecule has 4 aromatic heterocycles. The van der Waals surface area contributed by atoms with Crippen LogP contribution in [0.25, 0.3) is 31.8 Å². The predicted molar refractivity (Wildman–Crippen MR) is 123 cm³/mol. The number of aryl methyl sites for hydroxylation is 1. The SMILES string of the molecule is Cc1cc(C(=O)Nc2ccc(-c3nc4ccccc4s3)cn2)c2cnn(C(C)C)c2n1. The molecule has 7 nitrogen and oxygen atoms in total. The van der Waals surface area contributed by atoms with Gasteiger partial charge in [0.2, 0.25) is 0 Å². The van der Waals surface area contributed by atoms with Crippen LogP contribution >= 0.6 is 11.3 Å². The van der Waals surface area contributed by atoms with Crippen molar-refractivity contribution in [3.05, 3.63) is 66.1 Å². The van der Waals surface area contributed by atoms with Crippen molar-refractivity contribution in [3.63, 3.8) is 0 Å². The Labute approximate surface area is 182 Å². The number of hydrogen-bond donors (Lipinski definition) is 1. The second kappa shape index (κ2) is 7.55. The molecule has 31 heavy (non-hydrogen) atoms. The van der Waals surface area contributed by atoms with E-state index in [1.54, 1.807) is 35.9 Å². The minimum Gasteiger partial charge on any atom is -0.307 e. The zero-order chi connectivity index (χ0) is 21.5. The highest BCUT2D eigenvalue weighted by atomic mass is 32.1. The van der Waals surface area contributed by atoms with Crippen molar-refractivity contribution in [1.29, 1.82) is 0 Å². The Hall–Kier alpha value is -3.65. The molecular weight excluding hydrogens is 408 g/mol. The number of benzene rings is 1. The molecule has 0 bridgehead atoms. The lowest BCUT2D eigenvalue weighted by atomic mass is 10.1. The van der Waals surface area contributed by atoms with Crippen molar-refractivity contribution >= 4 is 44.3 Å². The number of carbonyl (C=O) groups is 1. The van der Waals surface area contributed by atoms with E-state index >= 15 is 0 Å². The molecular formula is C23H20N6OS. The number of thiazole rings is 1. The summed E-state index contributed by atoms with van der Waals surface area (Å²) in [5, 5.41) is 8.92. The highest BCUT2D eigenvalue weighted by Crippen LogP contribution is 2.30. The normalized spacial score (nSPS) is 11.5. The van der Waals surface area contributed by atoms with Crippen molar-refractivity contribution < 1.29 is 4.79 Å². The van der Waals surface area contributed by atoms with Gasteiger partial charge < -0.3 is 5.32 Å². The van der Waals surface area contributed by atoms with Crippen LogP contribution in [0.2, 0.25) is 0 Å². The van der Waals surface area contributed by atoms with Crippen LogP contribution in [-0.4, -0.2) is 30.6 Å². The molecule has 5 rings (SSSR count). The van der Waals surface area contributed by atoms with E-state index in [-0.39, 0.29) is 11.9 Å². The van der Waals surface area contributed by atoms with Gasteiger partial charge in [-0.2, -0.15) is 5.10 Å². The van der Waals surface area contributed by atoms with Gasteiger partial charge in [-0.15, -0.1) is 11.3 Å². The first-order chi connectivity index (χ1) is 15.0. The highest BCUT2D eigenvalue weighted by Gasteiger charge is 2.17. The molecule has 0 aliphatic heterocycles. The summed E-state index contributed by atoms with van der Waals surface area (Å²) in [6, 6.07) is 13.7. The quantitative estimate of drug-likeness (QED) is 0.423.